The van der Waals surface area contributed by atoms with Gasteiger partial charge in [-0.25, -0.2) is 9.97 Å². The second-order valence-corrected chi connectivity index (χ2v) is 6.82. The van der Waals surface area contributed by atoms with E-state index in [1.807, 2.05) is 0 Å². The molecule has 0 aliphatic heterocycles. The van der Waals surface area contributed by atoms with E-state index in [1.54, 1.807) is 30.3 Å². The molecule has 0 bridgehead atoms. The van der Waals surface area contributed by atoms with E-state index in [2.05, 4.69) is 20.3 Å². The molecule has 4 rings (SSSR count). The summed E-state index contributed by atoms with van der Waals surface area (Å²) in [5.41, 5.74) is 6.66. The molecule has 0 saturated carbocycles. The number of halogens is 3. The summed E-state index contributed by atoms with van der Waals surface area (Å²) >= 11 is 0. The van der Waals surface area contributed by atoms with Crippen molar-refractivity contribution in [3.05, 3.63) is 78.0 Å². The molecule has 0 fully saturated rings. The third-order valence-corrected chi connectivity index (χ3v) is 4.40. The smallest absolute Gasteiger partial charge is 0.393 e. The molecule has 0 atom stereocenters. The molecular formula is C22H16F3N5O2. The summed E-state index contributed by atoms with van der Waals surface area (Å²) in [5, 5.41) is 3.19. The van der Waals surface area contributed by atoms with Crippen LogP contribution in [-0.4, -0.2) is 27.0 Å². The number of carbonyl (C=O) groups excluding carboxylic acids is 1. The number of ether oxygens (including phenoxy) is 1. The molecule has 0 aliphatic carbocycles. The van der Waals surface area contributed by atoms with Gasteiger partial charge < -0.3 is 15.8 Å². The number of rotatable bonds is 5. The second-order valence-electron chi connectivity index (χ2n) is 6.82. The number of alkyl halides is 3. The Hall–Kier alpha value is -4.21. The highest BCUT2D eigenvalue weighted by Gasteiger charge is 2.27. The van der Waals surface area contributed by atoms with Gasteiger partial charge in [0.2, 0.25) is 17.7 Å². The van der Waals surface area contributed by atoms with Crippen LogP contribution >= 0.6 is 0 Å². The van der Waals surface area contributed by atoms with Gasteiger partial charge in [-0.15, -0.1) is 0 Å². The van der Waals surface area contributed by atoms with Crippen LogP contribution in [0.2, 0.25) is 0 Å². The van der Waals surface area contributed by atoms with E-state index >= 15 is 0 Å². The van der Waals surface area contributed by atoms with E-state index in [1.165, 1.54) is 36.5 Å². The van der Waals surface area contributed by atoms with Gasteiger partial charge in [0, 0.05) is 35.0 Å². The average Bonchev–Trinajstić information content (AvgIpc) is 2.72. The molecular weight excluding hydrogens is 423 g/mol. The highest BCUT2D eigenvalue weighted by Crippen LogP contribution is 2.26. The van der Waals surface area contributed by atoms with Crippen LogP contribution in [0, 0.1) is 0 Å². The molecule has 32 heavy (non-hydrogen) atoms. The maximum Gasteiger partial charge on any atom is 0.393 e. The van der Waals surface area contributed by atoms with Gasteiger partial charge in [-0.05, 0) is 35.9 Å². The Morgan fingerprint density at radius 2 is 1.78 bits per heavy atom. The maximum absolute atomic E-state index is 12.8. The molecule has 10 heteroatoms. The number of nitrogen functional groups attached to an aromatic ring is 1. The summed E-state index contributed by atoms with van der Waals surface area (Å²) < 4.78 is 43.5. The van der Waals surface area contributed by atoms with Gasteiger partial charge >= 0.3 is 6.18 Å². The molecule has 1 amide bonds. The number of pyridine rings is 1. The zero-order chi connectivity index (χ0) is 22.7. The lowest BCUT2D eigenvalue weighted by molar-refractivity contribution is -0.127. The van der Waals surface area contributed by atoms with Gasteiger partial charge in [-0.3, -0.25) is 4.79 Å². The molecule has 2 aromatic heterocycles. The van der Waals surface area contributed by atoms with E-state index in [4.69, 9.17) is 10.5 Å². The Morgan fingerprint density at radius 1 is 1.00 bits per heavy atom. The minimum absolute atomic E-state index is 0.0570. The number of aromatic nitrogens is 3. The summed E-state index contributed by atoms with van der Waals surface area (Å²) in [6, 6.07) is 15.4. The summed E-state index contributed by atoms with van der Waals surface area (Å²) in [5.74, 6) is 0.0466. The maximum atomic E-state index is 12.8. The molecule has 3 N–H and O–H groups in total. The average molecular weight is 439 g/mol. The molecule has 0 spiro atoms. The standard InChI is InChI=1S/C22H16F3N5O2/c23-22(24,25)12-13-3-1-4-14(11-13)28-20(31)16-5-2-6-17-15(16)7-8-18(29-17)32-19-9-10-27-21(26)30-19/h1-11H,12H2,(H,28,31)(H2,26,27,30). The monoisotopic (exact) mass is 439 g/mol. The van der Waals surface area contributed by atoms with Crippen molar-refractivity contribution in [1.82, 2.24) is 15.0 Å². The van der Waals surface area contributed by atoms with Crippen molar-refractivity contribution in [3.8, 4) is 11.8 Å². The van der Waals surface area contributed by atoms with Gasteiger partial charge in [0.25, 0.3) is 5.91 Å². The van der Waals surface area contributed by atoms with Crippen LogP contribution in [0.5, 0.6) is 11.8 Å². The van der Waals surface area contributed by atoms with Crippen molar-refractivity contribution in [2.24, 2.45) is 0 Å². The minimum Gasteiger partial charge on any atom is -0.421 e. The number of amides is 1. The summed E-state index contributed by atoms with van der Waals surface area (Å²) in [6.07, 6.45) is -3.96. The Kier molecular flexibility index (Phi) is 5.59. The zero-order valence-electron chi connectivity index (χ0n) is 16.4. The number of nitrogens with two attached hydrogens (primary N) is 1. The van der Waals surface area contributed by atoms with E-state index in [0.717, 1.165) is 0 Å². The lowest BCUT2D eigenvalue weighted by atomic mass is 10.1. The SMILES string of the molecule is Nc1nccc(Oc2ccc3c(C(=O)Nc4cccc(CC(F)(F)F)c4)cccc3n2)n1. The first-order valence-corrected chi connectivity index (χ1v) is 9.40. The first-order chi connectivity index (χ1) is 15.3. The molecule has 2 aromatic carbocycles. The highest BCUT2D eigenvalue weighted by atomic mass is 19.4. The third kappa shape index (κ3) is 5.09. The molecule has 0 radical (unpaired) electrons. The minimum atomic E-state index is -4.33. The lowest BCUT2D eigenvalue weighted by Crippen LogP contribution is -2.14. The first kappa shape index (κ1) is 21.0. The van der Waals surface area contributed by atoms with Crippen molar-refractivity contribution < 1.29 is 22.7 Å². The highest BCUT2D eigenvalue weighted by molar-refractivity contribution is 6.12. The number of nitrogens with one attached hydrogen (secondary N) is 1. The van der Waals surface area contributed by atoms with E-state index < -0.39 is 18.5 Å². The van der Waals surface area contributed by atoms with Gasteiger partial charge in [0.15, 0.2) is 0 Å². The lowest BCUT2D eigenvalue weighted by Gasteiger charge is -2.11. The molecule has 0 saturated heterocycles. The van der Waals surface area contributed by atoms with Crippen molar-refractivity contribution in [2.75, 3.05) is 11.1 Å². The van der Waals surface area contributed by atoms with Crippen LogP contribution in [0.15, 0.2) is 66.9 Å². The van der Waals surface area contributed by atoms with Crippen LogP contribution in [0.1, 0.15) is 15.9 Å². The van der Waals surface area contributed by atoms with Crippen LogP contribution < -0.4 is 15.8 Å². The Morgan fingerprint density at radius 3 is 2.56 bits per heavy atom. The molecule has 7 nitrogen and oxygen atoms in total. The molecule has 4 aromatic rings. The largest absolute Gasteiger partial charge is 0.421 e. The van der Waals surface area contributed by atoms with Crippen molar-refractivity contribution >= 4 is 28.4 Å². The zero-order valence-corrected chi connectivity index (χ0v) is 16.4. The fourth-order valence-corrected chi connectivity index (χ4v) is 3.10. The number of hydrogen-bond acceptors (Lipinski definition) is 6. The van der Waals surface area contributed by atoms with E-state index in [-0.39, 0.29) is 29.0 Å². The second kappa shape index (κ2) is 8.50. The quantitative estimate of drug-likeness (QED) is 0.465. The van der Waals surface area contributed by atoms with Crippen LogP contribution in [0.4, 0.5) is 24.8 Å². The van der Waals surface area contributed by atoms with Crippen molar-refractivity contribution in [3.63, 3.8) is 0 Å². The molecule has 0 unspecified atom stereocenters. The Bertz CT molecular complexity index is 1290. The Balaban J connectivity index is 1.56. The van der Waals surface area contributed by atoms with Gasteiger partial charge in [-0.1, -0.05) is 18.2 Å². The first-order valence-electron chi connectivity index (χ1n) is 9.40. The van der Waals surface area contributed by atoms with Gasteiger partial charge in [0.1, 0.15) is 0 Å². The number of benzene rings is 2. The predicted molar refractivity (Wildman–Crippen MR) is 112 cm³/mol. The number of fused-ring (bicyclic) bond motifs is 1. The summed E-state index contributed by atoms with van der Waals surface area (Å²) in [6.45, 7) is 0. The molecule has 2 heterocycles. The number of nitrogens with zero attached hydrogens (tertiary/aromatic N) is 3. The van der Waals surface area contributed by atoms with Crippen LogP contribution in [0.3, 0.4) is 0 Å². The third-order valence-electron chi connectivity index (χ3n) is 4.40. The fourth-order valence-electron chi connectivity index (χ4n) is 3.10. The summed E-state index contributed by atoms with van der Waals surface area (Å²) in [7, 11) is 0. The van der Waals surface area contributed by atoms with E-state index in [9.17, 15) is 18.0 Å². The normalized spacial score (nSPS) is 11.3. The predicted octanol–water partition coefficient (Wildman–Crippen LogP) is 4.76. The molecule has 162 valence electrons. The topological polar surface area (TPSA) is 103 Å². The van der Waals surface area contributed by atoms with Gasteiger partial charge in [0.05, 0.1) is 11.9 Å². The van der Waals surface area contributed by atoms with Crippen molar-refractivity contribution in [2.45, 2.75) is 12.6 Å². The van der Waals surface area contributed by atoms with E-state index in [0.29, 0.717) is 16.5 Å². The number of hydrogen-bond donors (Lipinski definition) is 2. The Labute approximate surface area is 180 Å². The number of carbonyl (C=O) groups is 1. The summed E-state index contributed by atoms with van der Waals surface area (Å²) in [4.78, 5) is 24.9. The van der Waals surface area contributed by atoms with Crippen LogP contribution in [-0.2, 0) is 6.42 Å². The molecule has 0 aliphatic rings. The van der Waals surface area contributed by atoms with Crippen molar-refractivity contribution in [1.29, 1.82) is 0 Å². The number of anilines is 2. The van der Waals surface area contributed by atoms with Gasteiger partial charge in [-0.2, -0.15) is 18.2 Å². The fraction of sp³-hybridized carbons (Fsp3) is 0.0909. The van der Waals surface area contributed by atoms with Crippen LogP contribution in [0.25, 0.3) is 10.9 Å².